The van der Waals surface area contributed by atoms with Crippen molar-refractivity contribution in [2.24, 2.45) is 0 Å². The Balaban J connectivity index is 2.04. The monoisotopic (exact) mass is 288 g/mol. The summed E-state index contributed by atoms with van der Waals surface area (Å²) in [6.45, 7) is -0.130. The van der Waals surface area contributed by atoms with Crippen molar-refractivity contribution in [1.29, 1.82) is 0 Å². The largest absolute Gasteiger partial charge is 0.496 e. The third kappa shape index (κ3) is 4.09. The van der Waals surface area contributed by atoms with E-state index in [-0.39, 0.29) is 6.61 Å². The van der Waals surface area contributed by atoms with Crippen LogP contribution in [0.2, 0.25) is 0 Å². The van der Waals surface area contributed by atoms with E-state index in [2.05, 4.69) is 11.8 Å². The van der Waals surface area contributed by atoms with Gasteiger partial charge in [0.2, 0.25) is 0 Å². The van der Waals surface area contributed by atoms with Crippen LogP contribution in [0.3, 0.4) is 0 Å². The molecular weight excluding hydrogens is 272 g/mol. The molecule has 104 valence electrons. The van der Waals surface area contributed by atoms with Gasteiger partial charge in [0.1, 0.15) is 18.1 Å². The SMILES string of the molecule is COc1ccc(C#CCO)cc1CSCc1ccco1. The van der Waals surface area contributed by atoms with Crippen LogP contribution in [0.5, 0.6) is 5.75 Å². The number of hydrogen-bond donors (Lipinski definition) is 1. The van der Waals surface area contributed by atoms with Crippen LogP contribution in [0.25, 0.3) is 0 Å². The molecule has 0 aliphatic heterocycles. The second kappa shape index (κ2) is 7.68. The van der Waals surface area contributed by atoms with Crippen molar-refractivity contribution in [2.45, 2.75) is 11.5 Å². The normalized spacial score (nSPS) is 9.90. The van der Waals surface area contributed by atoms with Gasteiger partial charge in [-0.3, -0.25) is 0 Å². The molecule has 20 heavy (non-hydrogen) atoms. The van der Waals surface area contributed by atoms with Crippen molar-refractivity contribution >= 4 is 11.8 Å². The smallest absolute Gasteiger partial charge is 0.122 e. The second-order valence-corrected chi connectivity index (χ2v) is 5.04. The van der Waals surface area contributed by atoms with E-state index in [1.54, 1.807) is 25.1 Å². The van der Waals surface area contributed by atoms with Crippen LogP contribution in [0.1, 0.15) is 16.9 Å². The molecule has 3 nitrogen and oxygen atoms in total. The lowest BCUT2D eigenvalue weighted by atomic mass is 10.1. The van der Waals surface area contributed by atoms with Gasteiger partial charge in [0.05, 0.1) is 19.1 Å². The van der Waals surface area contributed by atoms with E-state index in [1.165, 1.54) is 0 Å². The van der Waals surface area contributed by atoms with E-state index in [0.717, 1.165) is 34.1 Å². The molecule has 4 heteroatoms. The Hall–Kier alpha value is -1.83. The fourth-order valence-corrected chi connectivity index (χ4v) is 2.68. The minimum atomic E-state index is -0.130. The van der Waals surface area contributed by atoms with E-state index in [9.17, 15) is 0 Å². The first kappa shape index (κ1) is 14.6. The van der Waals surface area contributed by atoms with Crippen molar-refractivity contribution in [3.63, 3.8) is 0 Å². The molecule has 0 aliphatic carbocycles. The Morgan fingerprint density at radius 3 is 2.90 bits per heavy atom. The Labute approximate surface area is 123 Å². The number of thioether (sulfide) groups is 1. The maximum atomic E-state index is 8.73. The number of aliphatic hydroxyl groups excluding tert-OH is 1. The first-order valence-electron chi connectivity index (χ1n) is 6.20. The maximum Gasteiger partial charge on any atom is 0.122 e. The quantitative estimate of drug-likeness (QED) is 0.859. The van der Waals surface area contributed by atoms with Crippen molar-refractivity contribution < 1.29 is 14.3 Å². The highest BCUT2D eigenvalue weighted by Crippen LogP contribution is 2.26. The number of rotatable bonds is 5. The van der Waals surface area contributed by atoms with Gasteiger partial charge >= 0.3 is 0 Å². The minimum absolute atomic E-state index is 0.130. The first-order chi connectivity index (χ1) is 9.83. The predicted molar refractivity (Wildman–Crippen MR) is 80.7 cm³/mol. The molecule has 0 fully saturated rings. The zero-order chi connectivity index (χ0) is 14.2. The third-order valence-electron chi connectivity index (χ3n) is 2.67. The highest BCUT2D eigenvalue weighted by Gasteiger charge is 2.05. The Kier molecular flexibility index (Phi) is 5.60. The van der Waals surface area contributed by atoms with Gasteiger partial charge in [0, 0.05) is 16.9 Å². The average Bonchev–Trinajstić information content (AvgIpc) is 2.98. The van der Waals surface area contributed by atoms with Gasteiger partial charge in [-0.15, -0.1) is 11.8 Å². The summed E-state index contributed by atoms with van der Waals surface area (Å²) in [6, 6.07) is 9.65. The first-order valence-corrected chi connectivity index (χ1v) is 7.35. The molecule has 1 N–H and O–H groups in total. The van der Waals surface area contributed by atoms with Gasteiger partial charge < -0.3 is 14.3 Å². The van der Waals surface area contributed by atoms with Gasteiger partial charge in [0.15, 0.2) is 0 Å². The summed E-state index contributed by atoms with van der Waals surface area (Å²) in [5.41, 5.74) is 1.97. The van der Waals surface area contributed by atoms with Crippen molar-refractivity contribution in [3.05, 3.63) is 53.5 Å². The number of benzene rings is 1. The molecular formula is C16H16O3S. The summed E-state index contributed by atoms with van der Waals surface area (Å²) >= 11 is 1.75. The summed E-state index contributed by atoms with van der Waals surface area (Å²) < 4.78 is 10.7. The molecule has 0 radical (unpaired) electrons. The standard InChI is InChI=1S/C16H16O3S/c1-18-16-7-6-13(4-2-8-17)10-14(16)11-20-12-15-5-3-9-19-15/h3,5-7,9-10,17H,8,11-12H2,1H3. The number of furan rings is 1. The van der Waals surface area contributed by atoms with Crippen LogP contribution in [0, 0.1) is 11.8 Å². The van der Waals surface area contributed by atoms with Crippen molar-refractivity contribution in [3.8, 4) is 17.6 Å². The van der Waals surface area contributed by atoms with E-state index in [0.29, 0.717) is 0 Å². The zero-order valence-corrected chi connectivity index (χ0v) is 12.1. The third-order valence-corrected chi connectivity index (χ3v) is 3.68. The van der Waals surface area contributed by atoms with Crippen molar-refractivity contribution in [1.82, 2.24) is 0 Å². The van der Waals surface area contributed by atoms with Crippen LogP contribution >= 0.6 is 11.8 Å². The number of hydrogen-bond acceptors (Lipinski definition) is 4. The van der Waals surface area contributed by atoms with Crippen LogP contribution in [-0.4, -0.2) is 18.8 Å². The molecule has 0 atom stereocenters. The van der Waals surface area contributed by atoms with E-state index < -0.39 is 0 Å². The highest BCUT2D eigenvalue weighted by molar-refractivity contribution is 7.97. The Morgan fingerprint density at radius 2 is 2.20 bits per heavy atom. The fraction of sp³-hybridized carbons (Fsp3) is 0.250. The molecule has 0 spiro atoms. The van der Waals surface area contributed by atoms with Gasteiger partial charge in [-0.05, 0) is 30.3 Å². The van der Waals surface area contributed by atoms with Crippen LogP contribution in [0.4, 0.5) is 0 Å². The number of aliphatic hydroxyl groups is 1. The average molecular weight is 288 g/mol. The summed E-state index contributed by atoms with van der Waals surface area (Å²) in [6.07, 6.45) is 1.68. The highest BCUT2D eigenvalue weighted by atomic mass is 32.2. The molecule has 0 saturated carbocycles. The van der Waals surface area contributed by atoms with Gasteiger partial charge in [-0.2, -0.15) is 0 Å². The number of methoxy groups -OCH3 is 1. The lowest BCUT2D eigenvalue weighted by molar-refractivity contribution is 0.350. The van der Waals surface area contributed by atoms with Crippen LogP contribution in [0.15, 0.2) is 41.0 Å². The van der Waals surface area contributed by atoms with Crippen molar-refractivity contribution in [2.75, 3.05) is 13.7 Å². The summed E-state index contributed by atoms with van der Waals surface area (Å²) in [7, 11) is 1.66. The lowest BCUT2D eigenvalue weighted by Gasteiger charge is -2.08. The topological polar surface area (TPSA) is 42.6 Å². The van der Waals surface area contributed by atoms with E-state index >= 15 is 0 Å². The second-order valence-electron chi connectivity index (χ2n) is 4.06. The maximum absolute atomic E-state index is 8.73. The molecule has 2 aromatic rings. The zero-order valence-electron chi connectivity index (χ0n) is 11.3. The van der Waals surface area contributed by atoms with E-state index in [4.69, 9.17) is 14.3 Å². The molecule has 0 aliphatic rings. The molecule has 0 saturated heterocycles. The summed E-state index contributed by atoms with van der Waals surface area (Å²) in [5, 5.41) is 8.73. The lowest BCUT2D eigenvalue weighted by Crippen LogP contribution is -1.92. The molecule has 0 unspecified atom stereocenters. The van der Waals surface area contributed by atoms with Crippen LogP contribution in [-0.2, 0) is 11.5 Å². The summed E-state index contributed by atoms with van der Waals surface area (Å²) in [5.74, 6) is 9.01. The molecule has 1 aromatic heterocycles. The van der Waals surface area contributed by atoms with E-state index in [1.807, 2.05) is 30.3 Å². The number of ether oxygens (including phenoxy) is 1. The van der Waals surface area contributed by atoms with Gasteiger partial charge in [-0.25, -0.2) is 0 Å². The molecule has 0 amide bonds. The molecule has 1 aromatic carbocycles. The van der Waals surface area contributed by atoms with Crippen LogP contribution < -0.4 is 4.74 Å². The fourth-order valence-electron chi connectivity index (χ4n) is 1.77. The molecule has 0 bridgehead atoms. The molecule has 2 rings (SSSR count). The van der Waals surface area contributed by atoms with Gasteiger partial charge in [0.25, 0.3) is 0 Å². The predicted octanol–water partition coefficient (Wildman–Crippen LogP) is 3.07. The van der Waals surface area contributed by atoms with Gasteiger partial charge in [-0.1, -0.05) is 11.8 Å². The minimum Gasteiger partial charge on any atom is -0.496 e. The Morgan fingerprint density at radius 1 is 1.30 bits per heavy atom. The Bertz CT molecular complexity index is 594. The summed E-state index contributed by atoms with van der Waals surface area (Å²) in [4.78, 5) is 0. The molecule has 1 heterocycles.